The van der Waals surface area contributed by atoms with Crippen molar-refractivity contribution >= 4 is 15.9 Å². The van der Waals surface area contributed by atoms with E-state index in [2.05, 4.69) is 11.6 Å². The van der Waals surface area contributed by atoms with Gasteiger partial charge in [-0.15, -0.1) is 0 Å². The van der Waals surface area contributed by atoms with Crippen LogP contribution in [0.4, 0.5) is 0 Å². The lowest BCUT2D eigenvalue weighted by atomic mass is 9.98. The molecule has 1 aliphatic heterocycles. The number of benzene rings is 2. The van der Waals surface area contributed by atoms with E-state index in [0.29, 0.717) is 43.3 Å². The quantitative estimate of drug-likeness (QED) is 0.651. The first-order chi connectivity index (χ1) is 14.4. The lowest BCUT2D eigenvalue weighted by Crippen LogP contribution is -2.38. The van der Waals surface area contributed by atoms with Crippen molar-refractivity contribution in [2.75, 3.05) is 26.7 Å². The van der Waals surface area contributed by atoms with Crippen molar-refractivity contribution < 1.29 is 17.9 Å². The lowest BCUT2D eigenvalue weighted by Gasteiger charge is -2.30. The second-order valence-corrected chi connectivity index (χ2v) is 9.59. The van der Waals surface area contributed by atoms with Crippen LogP contribution >= 0.6 is 0 Å². The van der Waals surface area contributed by atoms with Gasteiger partial charge in [-0.1, -0.05) is 37.3 Å². The summed E-state index contributed by atoms with van der Waals surface area (Å²) in [5.41, 5.74) is 1.46. The Bertz CT molecular complexity index is 952. The molecule has 1 fully saturated rings. The van der Waals surface area contributed by atoms with Gasteiger partial charge >= 0.3 is 0 Å². The highest BCUT2D eigenvalue weighted by Crippen LogP contribution is 2.26. The van der Waals surface area contributed by atoms with Gasteiger partial charge in [-0.2, -0.15) is 0 Å². The fourth-order valence-corrected chi connectivity index (χ4v) is 4.73. The summed E-state index contributed by atoms with van der Waals surface area (Å²) >= 11 is 0. The van der Waals surface area contributed by atoms with E-state index in [-0.39, 0.29) is 10.8 Å². The highest BCUT2D eigenvalue weighted by Gasteiger charge is 2.25. The number of carbonyl (C=O) groups excluding carboxylic acids is 1. The van der Waals surface area contributed by atoms with Crippen molar-refractivity contribution in [3.63, 3.8) is 0 Å². The third-order valence-corrected chi connectivity index (χ3v) is 7.02. The van der Waals surface area contributed by atoms with Gasteiger partial charge in [-0.05, 0) is 55.4 Å². The van der Waals surface area contributed by atoms with Gasteiger partial charge in [-0.25, -0.2) is 13.1 Å². The summed E-state index contributed by atoms with van der Waals surface area (Å²) in [5.74, 6) is 0.810. The Morgan fingerprint density at radius 2 is 1.83 bits per heavy atom. The highest BCUT2D eigenvalue weighted by atomic mass is 32.2. The molecule has 7 heteroatoms. The molecule has 1 aliphatic rings. The summed E-state index contributed by atoms with van der Waals surface area (Å²) < 4.78 is 33.5. The van der Waals surface area contributed by atoms with E-state index < -0.39 is 10.0 Å². The Labute approximate surface area is 179 Å². The number of ether oxygens (including phenoxy) is 1. The van der Waals surface area contributed by atoms with Crippen LogP contribution in [0.15, 0.2) is 53.4 Å². The first-order valence-corrected chi connectivity index (χ1v) is 11.9. The van der Waals surface area contributed by atoms with E-state index in [4.69, 9.17) is 4.74 Å². The molecule has 30 heavy (non-hydrogen) atoms. The van der Waals surface area contributed by atoms with Crippen molar-refractivity contribution in [2.45, 2.75) is 37.5 Å². The minimum Gasteiger partial charge on any atom is -0.496 e. The molecule has 1 amide bonds. The largest absolute Gasteiger partial charge is 0.496 e. The number of nitrogens with one attached hydrogen (secondary N) is 1. The van der Waals surface area contributed by atoms with E-state index >= 15 is 0 Å². The number of amides is 1. The van der Waals surface area contributed by atoms with Crippen LogP contribution in [0.1, 0.15) is 42.1 Å². The molecule has 162 valence electrons. The molecule has 1 N–H and O–H groups in total. The third kappa shape index (κ3) is 5.61. The zero-order valence-electron chi connectivity index (χ0n) is 17.6. The van der Waals surface area contributed by atoms with Gasteiger partial charge in [-0.3, -0.25) is 4.79 Å². The number of nitrogens with zero attached hydrogens (tertiary/aromatic N) is 1. The molecule has 0 aliphatic carbocycles. The van der Waals surface area contributed by atoms with Crippen LogP contribution < -0.4 is 9.46 Å². The molecule has 0 radical (unpaired) electrons. The number of rotatable bonds is 8. The van der Waals surface area contributed by atoms with Gasteiger partial charge in [0.2, 0.25) is 10.0 Å². The molecule has 1 heterocycles. The van der Waals surface area contributed by atoms with Gasteiger partial charge in [0.25, 0.3) is 5.91 Å². The fraction of sp³-hybridized carbons (Fsp3) is 0.435. The topological polar surface area (TPSA) is 75.7 Å². The Morgan fingerprint density at radius 1 is 1.13 bits per heavy atom. The maximum atomic E-state index is 13.0. The van der Waals surface area contributed by atoms with Gasteiger partial charge in [0.15, 0.2) is 0 Å². The zero-order chi connectivity index (χ0) is 21.6. The number of carbonyl (C=O) groups is 1. The molecule has 0 unspecified atom stereocenters. The maximum absolute atomic E-state index is 13.0. The SMILES string of the molecule is COc1ccc(S(=O)(=O)NCCCc2ccccc2)cc1C(=O)N1CCC(C)CC1. The van der Waals surface area contributed by atoms with Crippen LogP contribution in [0.5, 0.6) is 5.75 Å². The molecular formula is C23H30N2O4S. The number of methoxy groups -OCH3 is 1. The van der Waals surface area contributed by atoms with Gasteiger partial charge in [0.05, 0.1) is 17.6 Å². The Morgan fingerprint density at radius 3 is 2.50 bits per heavy atom. The monoisotopic (exact) mass is 430 g/mol. The van der Waals surface area contributed by atoms with E-state index in [0.717, 1.165) is 19.3 Å². The van der Waals surface area contributed by atoms with Gasteiger partial charge < -0.3 is 9.64 Å². The van der Waals surface area contributed by atoms with E-state index in [1.165, 1.54) is 24.8 Å². The summed E-state index contributed by atoms with van der Waals surface area (Å²) in [5, 5.41) is 0. The second kappa shape index (κ2) is 10.1. The van der Waals surface area contributed by atoms with Crippen molar-refractivity contribution in [2.24, 2.45) is 5.92 Å². The van der Waals surface area contributed by atoms with Crippen LogP contribution in [-0.4, -0.2) is 46.0 Å². The first-order valence-electron chi connectivity index (χ1n) is 10.4. The Balaban J connectivity index is 1.68. The van der Waals surface area contributed by atoms with E-state index in [9.17, 15) is 13.2 Å². The number of sulfonamides is 1. The molecule has 2 aromatic rings. The number of hydrogen-bond donors (Lipinski definition) is 1. The minimum atomic E-state index is -3.71. The predicted molar refractivity (Wildman–Crippen MR) is 117 cm³/mol. The smallest absolute Gasteiger partial charge is 0.257 e. The summed E-state index contributed by atoms with van der Waals surface area (Å²) in [6.45, 7) is 3.87. The summed E-state index contributed by atoms with van der Waals surface area (Å²) in [6, 6.07) is 14.4. The normalized spacial score (nSPS) is 15.2. The van der Waals surface area contributed by atoms with Crippen molar-refractivity contribution in [1.29, 1.82) is 0 Å². The molecule has 0 bridgehead atoms. The van der Waals surface area contributed by atoms with E-state index in [1.54, 1.807) is 11.0 Å². The average Bonchev–Trinajstić information content (AvgIpc) is 2.77. The zero-order valence-corrected chi connectivity index (χ0v) is 18.5. The summed E-state index contributed by atoms with van der Waals surface area (Å²) in [6.07, 6.45) is 3.39. The molecule has 0 atom stereocenters. The van der Waals surface area contributed by atoms with Crippen LogP contribution in [-0.2, 0) is 16.4 Å². The van der Waals surface area contributed by atoms with Crippen LogP contribution in [0.2, 0.25) is 0 Å². The van der Waals surface area contributed by atoms with E-state index in [1.807, 2.05) is 30.3 Å². The number of piperidine rings is 1. The molecule has 6 nitrogen and oxygen atoms in total. The summed E-state index contributed by atoms with van der Waals surface area (Å²) in [4.78, 5) is 14.9. The van der Waals surface area contributed by atoms with Crippen molar-refractivity contribution in [3.8, 4) is 5.75 Å². The minimum absolute atomic E-state index is 0.0803. The Hall–Kier alpha value is -2.38. The predicted octanol–water partition coefficient (Wildman–Crippen LogP) is 3.48. The fourth-order valence-electron chi connectivity index (χ4n) is 3.63. The molecule has 0 saturated carbocycles. The van der Waals surface area contributed by atoms with Gasteiger partial charge in [0.1, 0.15) is 5.75 Å². The molecular weight excluding hydrogens is 400 g/mol. The third-order valence-electron chi connectivity index (χ3n) is 5.56. The van der Waals surface area contributed by atoms with Crippen molar-refractivity contribution in [1.82, 2.24) is 9.62 Å². The number of likely N-dealkylation sites (tertiary alicyclic amines) is 1. The average molecular weight is 431 g/mol. The first kappa shape index (κ1) is 22.3. The summed E-state index contributed by atoms with van der Waals surface area (Å²) in [7, 11) is -2.22. The van der Waals surface area contributed by atoms with Crippen LogP contribution in [0.25, 0.3) is 0 Å². The number of aryl methyl sites for hydroxylation is 1. The molecule has 0 aromatic heterocycles. The van der Waals surface area contributed by atoms with Crippen LogP contribution in [0, 0.1) is 5.92 Å². The highest BCUT2D eigenvalue weighted by molar-refractivity contribution is 7.89. The van der Waals surface area contributed by atoms with Crippen molar-refractivity contribution in [3.05, 3.63) is 59.7 Å². The van der Waals surface area contributed by atoms with Crippen LogP contribution in [0.3, 0.4) is 0 Å². The standard InChI is InChI=1S/C23H30N2O4S/c1-18-12-15-25(16-13-18)23(26)21-17-20(10-11-22(21)29-2)30(27,28)24-14-6-9-19-7-4-3-5-8-19/h3-5,7-8,10-11,17-18,24H,6,9,12-16H2,1-2H3. The van der Waals surface area contributed by atoms with Gasteiger partial charge in [0, 0.05) is 19.6 Å². The molecule has 2 aromatic carbocycles. The molecule has 1 saturated heterocycles. The lowest BCUT2D eigenvalue weighted by molar-refractivity contribution is 0.0693. The Kier molecular flexibility index (Phi) is 7.50. The number of hydrogen-bond acceptors (Lipinski definition) is 4. The molecule has 3 rings (SSSR count). The molecule has 0 spiro atoms. The second-order valence-electron chi connectivity index (χ2n) is 7.82. The maximum Gasteiger partial charge on any atom is 0.257 e.